The molecule has 0 aromatic carbocycles. The average Bonchev–Trinajstić information content (AvgIpc) is 2.27. The van der Waals surface area contributed by atoms with E-state index in [-0.39, 0.29) is 11.5 Å². The number of amides is 1. The molecule has 0 bridgehead atoms. The number of nitrogens with zero attached hydrogens (tertiary/aromatic N) is 1. The molecule has 2 N–H and O–H groups in total. The van der Waals surface area contributed by atoms with Gasteiger partial charge in [0.1, 0.15) is 5.60 Å². The van der Waals surface area contributed by atoms with E-state index >= 15 is 0 Å². The molecule has 0 aliphatic carbocycles. The Hall–Kier alpha value is -1.03. The third-order valence-corrected chi connectivity index (χ3v) is 3.24. The fourth-order valence-electron chi connectivity index (χ4n) is 1.91. The van der Waals surface area contributed by atoms with Crippen molar-refractivity contribution in [2.24, 2.45) is 11.1 Å². The van der Waals surface area contributed by atoms with Gasteiger partial charge in [0.2, 0.25) is 0 Å². The van der Waals surface area contributed by atoms with E-state index in [9.17, 15) is 4.79 Å². The molecule has 1 rings (SSSR count). The van der Waals surface area contributed by atoms with Gasteiger partial charge in [0.15, 0.2) is 0 Å². The zero-order valence-electron chi connectivity index (χ0n) is 12.2. The number of rotatable bonds is 2. The van der Waals surface area contributed by atoms with E-state index in [2.05, 4.69) is 19.9 Å². The monoisotopic (exact) mass is 254 g/mol. The highest BCUT2D eigenvalue weighted by molar-refractivity contribution is 5.68. The summed E-state index contributed by atoms with van der Waals surface area (Å²) >= 11 is 0. The predicted octanol–water partition coefficient (Wildman–Crippen LogP) is 2.54. The van der Waals surface area contributed by atoms with Crippen LogP contribution >= 0.6 is 0 Å². The van der Waals surface area contributed by atoms with Crippen LogP contribution < -0.4 is 5.73 Å². The van der Waals surface area contributed by atoms with Crippen LogP contribution in [0.25, 0.3) is 0 Å². The average molecular weight is 254 g/mol. The molecule has 4 nitrogen and oxygen atoms in total. The minimum absolute atomic E-state index is 0.0278. The molecule has 0 saturated heterocycles. The van der Waals surface area contributed by atoms with Gasteiger partial charge in [-0.3, -0.25) is 0 Å². The van der Waals surface area contributed by atoms with Crippen LogP contribution in [-0.4, -0.2) is 36.2 Å². The van der Waals surface area contributed by atoms with Crippen LogP contribution in [0.2, 0.25) is 0 Å². The molecule has 1 aliphatic heterocycles. The number of hydrogen-bond acceptors (Lipinski definition) is 3. The molecule has 0 aromatic heterocycles. The molecule has 104 valence electrons. The van der Waals surface area contributed by atoms with Gasteiger partial charge in [-0.05, 0) is 32.6 Å². The van der Waals surface area contributed by atoms with Crippen LogP contribution in [0.15, 0.2) is 11.6 Å². The van der Waals surface area contributed by atoms with E-state index in [0.717, 1.165) is 6.42 Å². The minimum atomic E-state index is -0.433. The van der Waals surface area contributed by atoms with Gasteiger partial charge in [0.25, 0.3) is 0 Å². The first-order chi connectivity index (χ1) is 8.15. The van der Waals surface area contributed by atoms with Crippen molar-refractivity contribution in [3.05, 3.63) is 11.6 Å². The largest absolute Gasteiger partial charge is 0.444 e. The predicted molar refractivity (Wildman–Crippen MR) is 73.3 cm³/mol. The molecular weight excluding hydrogens is 228 g/mol. The highest BCUT2D eigenvalue weighted by atomic mass is 16.6. The summed E-state index contributed by atoms with van der Waals surface area (Å²) in [5.74, 6) is 0. The fourth-order valence-corrected chi connectivity index (χ4v) is 1.91. The summed E-state index contributed by atoms with van der Waals surface area (Å²) in [7, 11) is 0. The third kappa shape index (κ3) is 4.02. The first-order valence-corrected chi connectivity index (χ1v) is 6.53. The van der Waals surface area contributed by atoms with Gasteiger partial charge in [0.05, 0.1) is 0 Å². The van der Waals surface area contributed by atoms with Crippen molar-refractivity contribution in [2.75, 3.05) is 19.6 Å². The van der Waals surface area contributed by atoms with Gasteiger partial charge >= 0.3 is 6.09 Å². The molecule has 0 fully saturated rings. The molecule has 1 heterocycles. The van der Waals surface area contributed by atoms with E-state index in [0.29, 0.717) is 19.6 Å². The zero-order valence-corrected chi connectivity index (χ0v) is 12.2. The van der Waals surface area contributed by atoms with Gasteiger partial charge in [-0.15, -0.1) is 0 Å². The van der Waals surface area contributed by atoms with E-state index in [1.165, 1.54) is 5.57 Å². The summed E-state index contributed by atoms with van der Waals surface area (Å²) in [4.78, 5) is 13.6. The molecular formula is C14H26N2O2. The first-order valence-electron chi connectivity index (χ1n) is 6.53. The molecule has 0 spiro atoms. The smallest absolute Gasteiger partial charge is 0.410 e. The highest BCUT2D eigenvalue weighted by Crippen LogP contribution is 2.30. The highest BCUT2D eigenvalue weighted by Gasteiger charge is 2.28. The first kappa shape index (κ1) is 15.0. The summed E-state index contributed by atoms with van der Waals surface area (Å²) in [5.41, 5.74) is 6.70. The van der Waals surface area contributed by atoms with Crippen molar-refractivity contribution >= 4 is 6.09 Å². The summed E-state index contributed by atoms with van der Waals surface area (Å²) in [5, 5.41) is 0. The van der Waals surface area contributed by atoms with Crippen LogP contribution in [0.3, 0.4) is 0 Å². The molecule has 18 heavy (non-hydrogen) atoms. The normalized spacial score (nSPS) is 17.4. The van der Waals surface area contributed by atoms with Crippen LogP contribution in [0.1, 0.15) is 41.0 Å². The van der Waals surface area contributed by atoms with Crippen molar-refractivity contribution in [3.8, 4) is 0 Å². The lowest BCUT2D eigenvalue weighted by atomic mass is 9.81. The standard InChI is InChI=1S/C14H26N2O2/c1-13(2,3)18-12(17)16-8-6-11(7-9-16)14(4,5)10-15/h6H,7-10,15H2,1-5H3. The number of carbonyl (C=O) groups is 1. The molecule has 0 atom stereocenters. The van der Waals surface area contributed by atoms with Crippen molar-refractivity contribution in [1.82, 2.24) is 4.90 Å². The third-order valence-electron chi connectivity index (χ3n) is 3.24. The Kier molecular flexibility index (Phi) is 4.43. The number of ether oxygens (including phenoxy) is 1. The maximum atomic E-state index is 11.9. The molecule has 0 aromatic rings. The van der Waals surface area contributed by atoms with E-state index in [4.69, 9.17) is 10.5 Å². The second-order valence-electron chi connectivity index (χ2n) is 6.49. The van der Waals surface area contributed by atoms with E-state index < -0.39 is 5.60 Å². The summed E-state index contributed by atoms with van der Waals surface area (Å²) in [6.07, 6.45) is 2.76. The molecule has 0 radical (unpaired) electrons. The molecule has 1 amide bonds. The Labute approximate surface area is 110 Å². The Bertz CT molecular complexity index is 340. The van der Waals surface area contributed by atoms with Crippen LogP contribution in [0.5, 0.6) is 0 Å². The topological polar surface area (TPSA) is 55.6 Å². The van der Waals surface area contributed by atoms with E-state index in [1.807, 2.05) is 20.8 Å². The van der Waals surface area contributed by atoms with Crippen LogP contribution in [0, 0.1) is 5.41 Å². The van der Waals surface area contributed by atoms with Crippen molar-refractivity contribution in [2.45, 2.75) is 46.6 Å². The Morgan fingerprint density at radius 1 is 1.39 bits per heavy atom. The Morgan fingerprint density at radius 2 is 2.00 bits per heavy atom. The lowest BCUT2D eigenvalue weighted by Gasteiger charge is -2.34. The number of hydrogen-bond donors (Lipinski definition) is 1. The van der Waals surface area contributed by atoms with Gasteiger partial charge in [-0.2, -0.15) is 0 Å². The van der Waals surface area contributed by atoms with Crippen molar-refractivity contribution in [1.29, 1.82) is 0 Å². The lowest BCUT2D eigenvalue weighted by Crippen LogP contribution is -2.41. The summed E-state index contributed by atoms with van der Waals surface area (Å²) in [6.45, 7) is 11.9. The Balaban J connectivity index is 2.61. The SMILES string of the molecule is CC(C)(C)OC(=O)N1CC=C(C(C)(C)CN)CC1. The van der Waals surface area contributed by atoms with Gasteiger partial charge in [-0.1, -0.05) is 25.5 Å². The van der Waals surface area contributed by atoms with Crippen LogP contribution in [-0.2, 0) is 4.74 Å². The molecule has 0 saturated carbocycles. The molecule has 4 heteroatoms. The second-order valence-corrected chi connectivity index (χ2v) is 6.49. The van der Waals surface area contributed by atoms with Gasteiger partial charge in [0, 0.05) is 19.6 Å². The number of carbonyl (C=O) groups excluding carboxylic acids is 1. The van der Waals surface area contributed by atoms with Crippen molar-refractivity contribution < 1.29 is 9.53 Å². The van der Waals surface area contributed by atoms with E-state index in [1.54, 1.807) is 4.90 Å². The Morgan fingerprint density at radius 3 is 2.39 bits per heavy atom. The zero-order chi connectivity index (χ0) is 14.0. The van der Waals surface area contributed by atoms with Crippen molar-refractivity contribution in [3.63, 3.8) is 0 Å². The van der Waals surface area contributed by atoms with Gasteiger partial charge < -0.3 is 15.4 Å². The maximum absolute atomic E-state index is 11.9. The number of nitrogens with two attached hydrogens (primary N) is 1. The summed E-state index contributed by atoms with van der Waals surface area (Å²) in [6, 6.07) is 0. The second kappa shape index (κ2) is 5.31. The van der Waals surface area contributed by atoms with Gasteiger partial charge in [-0.25, -0.2) is 4.79 Å². The maximum Gasteiger partial charge on any atom is 0.410 e. The fraction of sp³-hybridized carbons (Fsp3) is 0.786. The lowest BCUT2D eigenvalue weighted by molar-refractivity contribution is 0.0262. The summed E-state index contributed by atoms with van der Waals surface area (Å²) < 4.78 is 5.36. The molecule has 0 unspecified atom stereocenters. The minimum Gasteiger partial charge on any atom is -0.444 e. The van der Waals surface area contributed by atoms with Crippen LogP contribution in [0.4, 0.5) is 4.79 Å². The quantitative estimate of drug-likeness (QED) is 0.770. The molecule has 1 aliphatic rings.